The zero-order valence-electron chi connectivity index (χ0n) is 13.0. The van der Waals surface area contributed by atoms with Crippen LogP contribution in [-0.2, 0) is 11.3 Å². The minimum Gasteiger partial charge on any atom is -0.419 e. The van der Waals surface area contributed by atoms with Crippen LogP contribution in [0.3, 0.4) is 0 Å². The zero-order chi connectivity index (χ0) is 16.2. The third kappa shape index (κ3) is 3.89. The average molecular weight is 335 g/mol. The normalized spacial score (nSPS) is 16.3. The van der Waals surface area contributed by atoms with Crippen LogP contribution in [0.15, 0.2) is 28.7 Å². The van der Waals surface area contributed by atoms with E-state index in [0.29, 0.717) is 23.3 Å². The van der Waals surface area contributed by atoms with Crippen molar-refractivity contribution in [2.75, 3.05) is 26.2 Å². The summed E-state index contributed by atoms with van der Waals surface area (Å²) in [6, 6.07) is 7.40. The minimum absolute atomic E-state index is 0.130. The van der Waals surface area contributed by atoms with Gasteiger partial charge in [-0.1, -0.05) is 23.7 Å². The summed E-state index contributed by atoms with van der Waals surface area (Å²) in [6.07, 6.45) is 0.949. The molecule has 6 nitrogen and oxygen atoms in total. The molecule has 1 amide bonds. The van der Waals surface area contributed by atoms with Gasteiger partial charge in [0.05, 0.1) is 17.1 Å². The molecule has 1 aromatic heterocycles. The van der Waals surface area contributed by atoms with Gasteiger partial charge in [0, 0.05) is 33.1 Å². The molecule has 2 heterocycles. The largest absolute Gasteiger partial charge is 0.419 e. The molecule has 0 saturated carbocycles. The van der Waals surface area contributed by atoms with Crippen molar-refractivity contribution in [2.24, 2.45) is 0 Å². The summed E-state index contributed by atoms with van der Waals surface area (Å²) in [5.74, 6) is 1.13. The molecule has 7 heteroatoms. The number of carbonyl (C=O) groups excluding carboxylic acids is 1. The number of hydrogen-bond donors (Lipinski definition) is 0. The van der Waals surface area contributed by atoms with E-state index in [1.165, 1.54) is 0 Å². The summed E-state index contributed by atoms with van der Waals surface area (Å²) in [4.78, 5) is 15.6. The molecule has 3 rings (SSSR count). The summed E-state index contributed by atoms with van der Waals surface area (Å²) in [6.45, 7) is 5.46. The Labute approximate surface area is 140 Å². The molecule has 0 bridgehead atoms. The Bertz CT molecular complexity index is 688. The Morgan fingerprint density at radius 3 is 2.83 bits per heavy atom. The number of hydrogen-bond acceptors (Lipinski definition) is 5. The smallest absolute Gasteiger partial charge is 0.249 e. The van der Waals surface area contributed by atoms with Gasteiger partial charge in [0.2, 0.25) is 17.7 Å². The maximum absolute atomic E-state index is 11.5. The monoisotopic (exact) mass is 334 g/mol. The van der Waals surface area contributed by atoms with E-state index in [2.05, 4.69) is 15.1 Å². The van der Waals surface area contributed by atoms with Crippen molar-refractivity contribution in [2.45, 2.75) is 19.9 Å². The summed E-state index contributed by atoms with van der Waals surface area (Å²) in [7, 11) is 0. The highest BCUT2D eigenvalue weighted by Crippen LogP contribution is 2.26. The van der Waals surface area contributed by atoms with Crippen LogP contribution in [0, 0.1) is 0 Å². The number of aromatic nitrogens is 2. The molecular weight excluding hydrogens is 316 g/mol. The van der Waals surface area contributed by atoms with Crippen molar-refractivity contribution in [1.82, 2.24) is 20.0 Å². The van der Waals surface area contributed by atoms with E-state index in [9.17, 15) is 4.79 Å². The van der Waals surface area contributed by atoms with Gasteiger partial charge >= 0.3 is 0 Å². The van der Waals surface area contributed by atoms with Crippen LogP contribution in [0.1, 0.15) is 19.2 Å². The molecule has 0 spiro atoms. The van der Waals surface area contributed by atoms with E-state index in [1.54, 1.807) is 13.0 Å². The van der Waals surface area contributed by atoms with Crippen LogP contribution in [0.25, 0.3) is 11.5 Å². The molecule has 23 heavy (non-hydrogen) atoms. The second-order valence-corrected chi connectivity index (χ2v) is 6.02. The quantitative estimate of drug-likeness (QED) is 0.862. The van der Waals surface area contributed by atoms with Gasteiger partial charge in [-0.05, 0) is 18.6 Å². The summed E-state index contributed by atoms with van der Waals surface area (Å²) in [5, 5.41) is 8.79. The second kappa shape index (κ2) is 7.10. The first-order chi connectivity index (χ1) is 11.1. The lowest BCUT2D eigenvalue weighted by Gasteiger charge is -2.19. The second-order valence-electron chi connectivity index (χ2n) is 5.62. The molecule has 2 aromatic rings. The lowest BCUT2D eigenvalue weighted by Crippen LogP contribution is -2.33. The van der Waals surface area contributed by atoms with Crippen molar-refractivity contribution in [3.63, 3.8) is 0 Å². The van der Waals surface area contributed by atoms with Crippen molar-refractivity contribution >= 4 is 17.5 Å². The fourth-order valence-corrected chi connectivity index (χ4v) is 2.91. The van der Waals surface area contributed by atoms with Crippen LogP contribution in [0.4, 0.5) is 0 Å². The molecule has 0 atom stereocenters. The molecule has 0 aliphatic carbocycles. The van der Waals surface area contributed by atoms with E-state index in [1.807, 2.05) is 23.1 Å². The van der Waals surface area contributed by atoms with Gasteiger partial charge < -0.3 is 9.32 Å². The Morgan fingerprint density at radius 2 is 2.04 bits per heavy atom. The van der Waals surface area contributed by atoms with Gasteiger partial charge in [-0.15, -0.1) is 10.2 Å². The SMILES string of the molecule is CC(=O)N1CCCN(Cc2nnc(-c3ccccc3Cl)o2)CC1. The number of carbonyl (C=O) groups is 1. The fraction of sp³-hybridized carbons (Fsp3) is 0.438. The highest BCUT2D eigenvalue weighted by molar-refractivity contribution is 6.33. The number of benzene rings is 1. The van der Waals surface area contributed by atoms with Crippen molar-refractivity contribution < 1.29 is 9.21 Å². The van der Waals surface area contributed by atoms with Gasteiger partial charge in [-0.25, -0.2) is 0 Å². The van der Waals surface area contributed by atoms with Crippen molar-refractivity contribution in [3.05, 3.63) is 35.2 Å². The topological polar surface area (TPSA) is 62.5 Å². The lowest BCUT2D eigenvalue weighted by atomic mass is 10.2. The Balaban J connectivity index is 1.65. The molecule has 1 aromatic carbocycles. The summed E-state index contributed by atoms with van der Waals surface area (Å²) in [5.41, 5.74) is 0.742. The maximum atomic E-state index is 11.5. The predicted molar refractivity (Wildman–Crippen MR) is 86.9 cm³/mol. The van der Waals surface area contributed by atoms with Gasteiger partial charge in [0.1, 0.15) is 0 Å². The van der Waals surface area contributed by atoms with Gasteiger partial charge in [-0.2, -0.15) is 0 Å². The van der Waals surface area contributed by atoms with Crippen LogP contribution >= 0.6 is 11.6 Å². The maximum Gasteiger partial charge on any atom is 0.249 e. The van der Waals surface area contributed by atoms with Gasteiger partial charge in [0.15, 0.2) is 0 Å². The van der Waals surface area contributed by atoms with Gasteiger partial charge in [-0.3, -0.25) is 9.69 Å². The average Bonchev–Trinajstić information content (AvgIpc) is 2.85. The Hall–Kier alpha value is -1.92. The standard InChI is InChI=1S/C16H19ClN4O2/c1-12(22)21-8-4-7-20(9-10-21)11-15-18-19-16(23-15)13-5-2-3-6-14(13)17/h2-3,5-6H,4,7-11H2,1H3. The van der Waals surface area contributed by atoms with Crippen LogP contribution in [0.5, 0.6) is 0 Å². The predicted octanol–water partition coefficient (Wildman–Crippen LogP) is 2.44. The lowest BCUT2D eigenvalue weighted by molar-refractivity contribution is -0.128. The van der Waals surface area contributed by atoms with Crippen molar-refractivity contribution in [3.8, 4) is 11.5 Å². The third-order valence-corrected chi connectivity index (χ3v) is 4.29. The number of rotatable bonds is 3. The zero-order valence-corrected chi connectivity index (χ0v) is 13.8. The van der Waals surface area contributed by atoms with E-state index >= 15 is 0 Å². The molecule has 1 aliphatic heterocycles. The van der Waals surface area contributed by atoms with Gasteiger partial charge in [0.25, 0.3) is 0 Å². The molecule has 122 valence electrons. The summed E-state index contributed by atoms with van der Waals surface area (Å²) >= 11 is 6.15. The molecule has 0 radical (unpaired) electrons. The van der Waals surface area contributed by atoms with E-state index < -0.39 is 0 Å². The molecule has 1 aliphatic rings. The first-order valence-electron chi connectivity index (χ1n) is 7.68. The molecular formula is C16H19ClN4O2. The van der Waals surface area contributed by atoms with Crippen LogP contribution in [0.2, 0.25) is 5.02 Å². The summed E-state index contributed by atoms with van der Waals surface area (Å²) < 4.78 is 5.74. The number of halogens is 1. The van der Waals surface area contributed by atoms with Crippen LogP contribution < -0.4 is 0 Å². The number of amides is 1. The highest BCUT2D eigenvalue weighted by atomic mass is 35.5. The minimum atomic E-state index is 0.130. The Kier molecular flexibility index (Phi) is 4.93. The van der Waals surface area contributed by atoms with Crippen LogP contribution in [-0.4, -0.2) is 52.1 Å². The van der Waals surface area contributed by atoms with E-state index in [-0.39, 0.29) is 5.91 Å². The fourth-order valence-electron chi connectivity index (χ4n) is 2.70. The third-order valence-electron chi connectivity index (χ3n) is 3.96. The van der Waals surface area contributed by atoms with E-state index in [4.69, 9.17) is 16.0 Å². The van der Waals surface area contributed by atoms with Crippen molar-refractivity contribution in [1.29, 1.82) is 0 Å². The number of nitrogens with zero attached hydrogens (tertiary/aromatic N) is 4. The molecule has 1 fully saturated rings. The first-order valence-corrected chi connectivity index (χ1v) is 8.06. The molecule has 1 saturated heterocycles. The highest BCUT2D eigenvalue weighted by Gasteiger charge is 2.19. The first kappa shape index (κ1) is 16.0. The molecule has 0 unspecified atom stereocenters. The molecule has 0 N–H and O–H groups in total. The van der Waals surface area contributed by atoms with E-state index in [0.717, 1.165) is 38.2 Å². The Morgan fingerprint density at radius 1 is 1.22 bits per heavy atom.